The van der Waals surface area contributed by atoms with E-state index in [2.05, 4.69) is 56.9 Å². The van der Waals surface area contributed by atoms with Crippen LogP contribution in [0, 0.1) is 20.8 Å². The van der Waals surface area contributed by atoms with E-state index in [1.54, 1.807) is 0 Å². The number of aromatic hydroxyl groups is 1. The number of phenols is 1. The molecule has 2 aromatic carbocycles. The molecule has 3 heteroatoms. The zero-order valence-corrected chi connectivity index (χ0v) is 15.2. The van der Waals surface area contributed by atoms with Gasteiger partial charge in [-0.15, -0.1) is 0 Å². The number of phenolic OH excluding ortho intramolecular Hbond substituents is 1. The molecule has 0 radical (unpaired) electrons. The number of hydrogen-bond donors (Lipinski definition) is 1. The van der Waals surface area contributed by atoms with Crippen molar-refractivity contribution in [1.82, 2.24) is 0 Å². The standard InChI is InChI=1S/C19H26NOP/c1-6-20(7-2)16-10-8-9-14(4)19(16)22-17-12-13(3)11-15(5)18(17)21/h8-12,21-22H,6-7H2,1-5H3. The molecule has 22 heavy (non-hydrogen) atoms. The summed E-state index contributed by atoms with van der Waals surface area (Å²) in [4.78, 5) is 2.38. The molecule has 0 saturated heterocycles. The molecule has 0 fully saturated rings. The minimum atomic E-state index is 0.442. The van der Waals surface area contributed by atoms with Gasteiger partial charge in [-0.1, -0.05) is 26.8 Å². The van der Waals surface area contributed by atoms with Crippen molar-refractivity contribution in [3.05, 3.63) is 47.0 Å². The third-order valence-corrected chi connectivity index (χ3v) is 5.61. The summed E-state index contributed by atoms with van der Waals surface area (Å²) in [6.45, 7) is 12.6. The van der Waals surface area contributed by atoms with Crippen LogP contribution in [0.1, 0.15) is 30.5 Å². The SMILES string of the molecule is CCN(CC)c1cccc(C)c1Pc1cc(C)cc(C)c1O. The molecule has 0 aliphatic rings. The van der Waals surface area contributed by atoms with Crippen molar-refractivity contribution in [1.29, 1.82) is 0 Å². The summed E-state index contributed by atoms with van der Waals surface area (Å²) in [6.07, 6.45) is 0. The second kappa shape index (κ2) is 7.15. The van der Waals surface area contributed by atoms with Gasteiger partial charge in [0.15, 0.2) is 0 Å². The molecule has 1 atom stereocenters. The summed E-state index contributed by atoms with van der Waals surface area (Å²) in [6, 6.07) is 10.6. The first-order chi connectivity index (χ1) is 10.5. The van der Waals surface area contributed by atoms with Gasteiger partial charge in [-0.3, -0.25) is 0 Å². The first-order valence-corrected chi connectivity index (χ1v) is 8.89. The highest BCUT2D eigenvalue weighted by atomic mass is 31.1. The lowest BCUT2D eigenvalue weighted by Crippen LogP contribution is -2.27. The molecular formula is C19H26NOP. The summed E-state index contributed by atoms with van der Waals surface area (Å²) in [5.41, 5.74) is 4.75. The summed E-state index contributed by atoms with van der Waals surface area (Å²) >= 11 is 0. The average Bonchev–Trinajstić information content (AvgIpc) is 2.48. The van der Waals surface area contributed by atoms with Crippen molar-refractivity contribution in [2.45, 2.75) is 34.6 Å². The Hall–Kier alpha value is -1.53. The fourth-order valence-electron chi connectivity index (χ4n) is 2.83. The van der Waals surface area contributed by atoms with Crippen molar-refractivity contribution < 1.29 is 5.11 Å². The van der Waals surface area contributed by atoms with E-state index in [-0.39, 0.29) is 0 Å². The highest BCUT2D eigenvalue weighted by Crippen LogP contribution is 2.28. The Morgan fingerprint density at radius 2 is 1.68 bits per heavy atom. The highest BCUT2D eigenvalue weighted by Gasteiger charge is 2.14. The molecule has 1 unspecified atom stereocenters. The van der Waals surface area contributed by atoms with Gasteiger partial charge >= 0.3 is 0 Å². The van der Waals surface area contributed by atoms with Crippen LogP contribution in [0.15, 0.2) is 30.3 Å². The lowest BCUT2D eigenvalue weighted by molar-refractivity contribution is 0.475. The Morgan fingerprint density at radius 1 is 1.00 bits per heavy atom. The Bertz CT molecular complexity index is 663. The maximum atomic E-state index is 10.4. The normalized spacial score (nSPS) is 11.3. The van der Waals surface area contributed by atoms with E-state index in [1.165, 1.54) is 22.1 Å². The number of hydrogen-bond acceptors (Lipinski definition) is 2. The molecule has 0 aliphatic heterocycles. The van der Waals surface area contributed by atoms with Crippen molar-refractivity contribution >= 4 is 24.9 Å². The Morgan fingerprint density at radius 3 is 2.32 bits per heavy atom. The molecule has 0 bridgehead atoms. The second-order valence-corrected chi connectivity index (χ2v) is 7.03. The Labute approximate surface area is 136 Å². The largest absolute Gasteiger partial charge is 0.507 e. The molecule has 0 aliphatic carbocycles. The molecule has 2 rings (SSSR count). The van der Waals surface area contributed by atoms with Crippen LogP contribution in [0.5, 0.6) is 5.75 Å². The van der Waals surface area contributed by atoms with Crippen LogP contribution in [-0.2, 0) is 0 Å². The summed E-state index contributed by atoms with van der Waals surface area (Å²) in [7, 11) is 0.473. The van der Waals surface area contributed by atoms with Gasteiger partial charge in [0, 0.05) is 29.4 Å². The third-order valence-electron chi connectivity index (χ3n) is 4.06. The number of nitrogens with zero attached hydrogens (tertiary/aromatic N) is 1. The van der Waals surface area contributed by atoms with Gasteiger partial charge in [0.1, 0.15) is 5.75 Å². The van der Waals surface area contributed by atoms with Crippen LogP contribution in [0.3, 0.4) is 0 Å². The van der Waals surface area contributed by atoms with Crippen LogP contribution < -0.4 is 15.5 Å². The summed E-state index contributed by atoms with van der Waals surface area (Å²) in [5, 5.41) is 12.8. The fourth-order valence-corrected chi connectivity index (χ4v) is 4.37. The van der Waals surface area contributed by atoms with E-state index >= 15 is 0 Å². The van der Waals surface area contributed by atoms with Crippen molar-refractivity contribution in [2.75, 3.05) is 18.0 Å². The third kappa shape index (κ3) is 3.44. The molecule has 118 valence electrons. The van der Waals surface area contributed by atoms with E-state index in [0.29, 0.717) is 14.3 Å². The first-order valence-electron chi connectivity index (χ1n) is 7.89. The minimum Gasteiger partial charge on any atom is -0.507 e. The zero-order valence-electron chi connectivity index (χ0n) is 14.2. The monoisotopic (exact) mass is 315 g/mol. The van der Waals surface area contributed by atoms with Gasteiger partial charge in [-0.2, -0.15) is 0 Å². The van der Waals surface area contributed by atoms with E-state index < -0.39 is 0 Å². The number of benzene rings is 2. The zero-order chi connectivity index (χ0) is 16.3. The van der Waals surface area contributed by atoms with Gasteiger partial charge < -0.3 is 10.0 Å². The molecule has 2 nitrogen and oxygen atoms in total. The molecule has 0 amide bonds. The predicted molar refractivity (Wildman–Crippen MR) is 99.9 cm³/mol. The quantitative estimate of drug-likeness (QED) is 0.849. The smallest absolute Gasteiger partial charge is 0.126 e. The van der Waals surface area contributed by atoms with E-state index in [4.69, 9.17) is 0 Å². The maximum absolute atomic E-state index is 10.4. The lowest BCUT2D eigenvalue weighted by atomic mass is 10.1. The van der Waals surface area contributed by atoms with Gasteiger partial charge in [0.25, 0.3) is 0 Å². The molecule has 0 aromatic heterocycles. The van der Waals surface area contributed by atoms with Crippen LogP contribution in [0.4, 0.5) is 5.69 Å². The molecule has 1 N–H and O–H groups in total. The van der Waals surface area contributed by atoms with Gasteiger partial charge in [0.2, 0.25) is 0 Å². The second-order valence-electron chi connectivity index (χ2n) is 5.74. The lowest BCUT2D eigenvalue weighted by Gasteiger charge is -2.25. The van der Waals surface area contributed by atoms with Crippen molar-refractivity contribution in [3.63, 3.8) is 0 Å². The maximum Gasteiger partial charge on any atom is 0.126 e. The molecule has 2 aromatic rings. The van der Waals surface area contributed by atoms with Crippen molar-refractivity contribution in [2.24, 2.45) is 0 Å². The van der Waals surface area contributed by atoms with E-state index in [0.717, 1.165) is 24.0 Å². The first kappa shape index (κ1) is 16.8. The van der Waals surface area contributed by atoms with Crippen LogP contribution in [0.2, 0.25) is 0 Å². The van der Waals surface area contributed by atoms with Crippen LogP contribution in [0.25, 0.3) is 0 Å². The Balaban J connectivity index is 2.50. The number of anilines is 1. The summed E-state index contributed by atoms with van der Waals surface area (Å²) < 4.78 is 0. The number of aryl methyl sites for hydroxylation is 3. The Kier molecular flexibility index (Phi) is 5.47. The fraction of sp³-hybridized carbons (Fsp3) is 0.368. The molecule has 0 heterocycles. The molecule has 0 spiro atoms. The van der Waals surface area contributed by atoms with E-state index in [1.807, 2.05) is 13.0 Å². The minimum absolute atomic E-state index is 0.442. The van der Waals surface area contributed by atoms with Crippen molar-refractivity contribution in [3.8, 4) is 5.75 Å². The number of rotatable bonds is 5. The van der Waals surface area contributed by atoms with E-state index in [9.17, 15) is 5.11 Å². The van der Waals surface area contributed by atoms with Crippen LogP contribution in [-0.4, -0.2) is 18.2 Å². The predicted octanol–water partition coefficient (Wildman–Crippen LogP) is 3.79. The van der Waals surface area contributed by atoms with Gasteiger partial charge in [-0.05, 0) is 63.4 Å². The van der Waals surface area contributed by atoms with Gasteiger partial charge in [0.05, 0.1) is 0 Å². The summed E-state index contributed by atoms with van der Waals surface area (Å²) in [5.74, 6) is 0.442. The average molecular weight is 315 g/mol. The molecule has 0 saturated carbocycles. The highest BCUT2D eigenvalue weighted by molar-refractivity contribution is 7.56. The van der Waals surface area contributed by atoms with Crippen LogP contribution >= 0.6 is 8.58 Å². The van der Waals surface area contributed by atoms with Gasteiger partial charge in [-0.25, -0.2) is 0 Å². The topological polar surface area (TPSA) is 23.5 Å². The molecular weight excluding hydrogens is 289 g/mol.